The second kappa shape index (κ2) is 6.09. The van der Waals surface area contributed by atoms with E-state index < -0.39 is 0 Å². The lowest BCUT2D eigenvalue weighted by Gasteiger charge is -2.09. The zero-order valence-corrected chi connectivity index (χ0v) is 13.2. The molecule has 0 radical (unpaired) electrons. The Morgan fingerprint density at radius 2 is 1.71 bits per heavy atom. The molecule has 0 aliphatic rings. The molecule has 0 aliphatic heterocycles. The molecule has 1 heterocycles. The topological polar surface area (TPSA) is 54.0 Å². The van der Waals surface area contributed by atoms with Crippen LogP contribution in [0.5, 0.6) is 0 Å². The molecule has 21 heavy (non-hydrogen) atoms. The van der Waals surface area contributed by atoms with E-state index in [4.69, 9.17) is 0 Å². The van der Waals surface area contributed by atoms with E-state index >= 15 is 0 Å². The standard InChI is InChI=1S/C16H12IN3O/c17-13-7-3-2-6-12(13)16(21)20-19-15-10-9-11-5-1-4-8-14(11)18-15/h1-10H,(H,18,19)(H,20,21). The number of halogens is 1. The summed E-state index contributed by atoms with van der Waals surface area (Å²) in [5.41, 5.74) is 7.02. The minimum Gasteiger partial charge on any atom is -0.282 e. The molecule has 0 unspecified atom stereocenters. The number of hydrogen-bond donors (Lipinski definition) is 2. The van der Waals surface area contributed by atoms with Gasteiger partial charge in [0.05, 0.1) is 11.1 Å². The van der Waals surface area contributed by atoms with Crippen molar-refractivity contribution in [3.05, 3.63) is 69.8 Å². The van der Waals surface area contributed by atoms with Gasteiger partial charge in [-0.25, -0.2) is 4.98 Å². The Morgan fingerprint density at radius 1 is 0.952 bits per heavy atom. The highest BCUT2D eigenvalue weighted by molar-refractivity contribution is 14.1. The average Bonchev–Trinajstić information content (AvgIpc) is 2.53. The van der Waals surface area contributed by atoms with Crippen molar-refractivity contribution in [2.75, 3.05) is 5.43 Å². The minimum absolute atomic E-state index is 0.185. The van der Waals surface area contributed by atoms with Crippen LogP contribution in [-0.2, 0) is 0 Å². The molecule has 0 bridgehead atoms. The van der Waals surface area contributed by atoms with Gasteiger partial charge in [-0.3, -0.25) is 15.6 Å². The molecule has 0 fully saturated rings. The first-order valence-electron chi connectivity index (χ1n) is 6.41. The predicted molar refractivity (Wildman–Crippen MR) is 92.0 cm³/mol. The van der Waals surface area contributed by atoms with E-state index in [1.54, 1.807) is 6.07 Å². The van der Waals surface area contributed by atoms with Crippen molar-refractivity contribution in [2.24, 2.45) is 0 Å². The molecule has 4 nitrogen and oxygen atoms in total. The quantitative estimate of drug-likeness (QED) is 0.532. The molecule has 0 spiro atoms. The van der Waals surface area contributed by atoms with Crippen LogP contribution in [0.2, 0.25) is 0 Å². The molecule has 3 aromatic rings. The van der Waals surface area contributed by atoms with Gasteiger partial charge in [0.15, 0.2) is 0 Å². The van der Waals surface area contributed by atoms with Crippen molar-refractivity contribution in [1.29, 1.82) is 0 Å². The number of nitrogens with one attached hydrogen (secondary N) is 2. The Morgan fingerprint density at radius 3 is 2.57 bits per heavy atom. The molecular weight excluding hydrogens is 377 g/mol. The first kappa shape index (κ1) is 13.8. The van der Waals surface area contributed by atoms with Crippen molar-refractivity contribution in [3.8, 4) is 0 Å². The van der Waals surface area contributed by atoms with Gasteiger partial charge < -0.3 is 0 Å². The summed E-state index contributed by atoms with van der Waals surface area (Å²) in [6.07, 6.45) is 0. The molecule has 1 aromatic heterocycles. The summed E-state index contributed by atoms with van der Waals surface area (Å²) in [7, 11) is 0. The molecular formula is C16H12IN3O. The normalized spacial score (nSPS) is 10.3. The van der Waals surface area contributed by atoms with E-state index in [-0.39, 0.29) is 5.91 Å². The van der Waals surface area contributed by atoms with Crippen LogP contribution >= 0.6 is 22.6 Å². The van der Waals surface area contributed by atoms with Gasteiger partial charge in [-0.05, 0) is 52.9 Å². The van der Waals surface area contributed by atoms with Crippen LogP contribution < -0.4 is 10.9 Å². The average molecular weight is 389 g/mol. The van der Waals surface area contributed by atoms with E-state index in [9.17, 15) is 4.79 Å². The number of carbonyl (C=O) groups is 1. The molecule has 3 rings (SSSR count). The number of hydrazine groups is 1. The second-order valence-corrected chi connectivity index (χ2v) is 5.61. The Labute approximate surface area is 135 Å². The molecule has 5 heteroatoms. The van der Waals surface area contributed by atoms with Crippen molar-refractivity contribution >= 4 is 45.2 Å². The first-order valence-corrected chi connectivity index (χ1v) is 7.48. The van der Waals surface area contributed by atoms with E-state index in [0.29, 0.717) is 11.4 Å². The molecule has 2 aromatic carbocycles. The lowest BCUT2D eigenvalue weighted by molar-refractivity contribution is 0.0961. The number of carbonyl (C=O) groups excluding carboxylic acids is 1. The number of pyridine rings is 1. The number of para-hydroxylation sites is 1. The summed E-state index contributed by atoms with van der Waals surface area (Å²) in [6.45, 7) is 0. The number of aromatic nitrogens is 1. The first-order chi connectivity index (χ1) is 10.2. The molecule has 0 aliphatic carbocycles. The van der Waals surface area contributed by atoms with Crippen LogP contribution in [0, 0.1) is 3.57 Å². The zero-order valence-electron chi connectivity index (χ0n) is 11.0. The summed E-state index contributed by atoms with van der Waals surface area (Å²) in [5, 5.41) is 1.06. The number of anilines is 1. The van der Waals surface area contributed by atoms with E-state index in [2.05, 4.69) is 38.4 Å². The van der Waals surface area contributed by atoms with Gasteiger partial charge in [-0.1, -0.05) is 30.3 Å². The van der Waals surface area contributed by atoms with E-state index in [1.807, 2.05) is 54.6 Å². The van der Waals surface area contributed by atoms with Crippen LogP contribution in [0.15, 0.2) is 60.7 Å². The van der Waals surface area contributed by atoms with Gasteiger partial charge in [-0.2, -0.15) is 0 Å². The minimum atomic E-state index is -0.185. The maximum Gasteiger partial charge on any atom is 0.270 e. The van der Waals surface area contributed by atoms with Crippen LogP contribution in [0.1, 0.15) is 10.4 Å². The highest BCUT2D eigenvalue weighted by atomic mass is 127. The summed E-state index contributed by atoms with van der Waals surface area (Å²) in [5.74, 6) is 0.419. The Hall–Kier alpha value is -2.15. The van der Waals surface area contributed by atoms with Gasteiger partial charge in [-0.15, -0.1) is 0 Å². The molecule has 0 saturated heterocycles. The molecule has 0 atom stereocenters. The number of amides is 1. The number of hydrogen-bond acceptors (Lipinski definition) is 3. The van der Waals surface area contributed by atoms with Crippen molar-refractivity contribution in [3.63, 3.8) is 0 Å². The third-order valence-corrected chi connectivity index (χ3v) is 3.96. The van der Waals surface area contributed by atoms with E-state index in [1.165, 1.54) is 0 Å². The fourth-order valence-electron chi connectivity index (χ4n) is 1.97. The lowest BCUT2D eigenvalue weighted by Crippen LogP contribution is -2.30. The Balaban J connectivity index is 1.74. The van der Waals surface area contributed by atoms with Crippen LogP contribution in [0.3, 0.4) is 0 Å². The van der Waals surface area contributed by atoms with Crippen LogP contribution in [0.25, 0.3) is 10.9 Å². The Kier molecular flexibility index (Phi) is 4.01. The van der Waals surface area contributed by atoms with Gasteiger partial charge in [0.1, 0.15) is 5.82 Å². The number of rotatable bonds is 3. The maximum absolute atomic E-state index is 12.1. The van der Waals surface area contributed by atoms with Crippen molar-refractivity contribution in [1.82, 2.24) is 10.4 Å². The van der Waals surface area contributed by atoms with Gasteiger partial charge >= 0.3 is 0 Å². The zero-order chi connectivity index (χ0) is 14.7. The SMILES string of the molecule is O=C(NNc1ccc2ccccc2n1)c1ccccc1I. The predicted octanol–water partition coefficient (Wildman–Crippen LogP) is 3.60. The van der Waals surface area contributed by atoms with E-state index in [0.717, 1.165) is 14.5 Å². The monoisotopic (exact) mass is 389 g/mol. The lowest BCUT2D eigenvalue weighted by atomic mass is 10.2. The molecule has 1 amide bonds. The van der Waals surface area contributed by atoms with Crippen molar-refractivity contribution < 1.29 is 4.79 Å². The highest BCUT2D eigenvalue weighted by Crippen LogP contribution is 2.14. The third-order valence-electron chi connectivity index (χ3n) is 3.02. The number of fused-ring (bicyclic) bond motifs is 1. The summed E-state index contributed by atoms with van der Waals surface area (Å²) >= 11 is 2.14. The maximum atomic E-state index is 12.1. The summed E-state index contributed by atoms with van der Waals surface area (Å²) in [4.78, 5) is 16.5. The second-order valence-electron chi connectivity index (χ2n) is 4.45. The molecule has 0 saturated carbocycles. The number of benzene rings is 2. The number of nitrogens with zero attached hydrogens (tertiary/aromatic N) is 1. The largest absolute Gasteiger partial charge is 0.282 e. The van der Waals surface area contributed by atoms with Gasteiger partial charge in [0.2, 0.25) is 0 Å². The van der Waals surface area contributed by atoms with Crippen LogP contribution in [-0.4, -0.2) is 10.9 Å². The van der Waals surface area contributed by atoms with Crippen LogP contribution in [0.4, 0.5) is 5.82 Å². The highest BCUT2D eigenvalue weighted by Gasteiger charge is 2.08. The van der Waals surface area contributed by atoms with Gasteiger partial charge in [0, 0.05) is 8.96 Å². The molecule has 104 valence electrons. The fourth-order valence-corrected chi connectivity index (χ4v) is 2.60. The Bertz CT molecular complexity index is 804. The third kappa shape index (κ3) is 3.13. The fraction of sp³-hybridized carbons (Fsp3) is 0. The molecule has 2 N–H and O–H groups in total. The van der Waals surface area contributed by atoms with Crippen molar-refractivity contribution in [2.45, 2.75) is 0 Å². The van der Waals surface area contributed by atoms with Gasteiger partial charge in [0.25, 0.3) is 5.91 Å². The smallest absolute Gasteiger partial charge is 0.270 e. The summed E-state index contributed by atoms with van der Waals surface area (Å²) < 4.78 is 0.904. The summed E-state index contributed by atoms with van der Waals surface area (Å²) in [6, 6.07) is 19.0.